The van der Waals surface area contributed by atoms with Crippen LogP contribution in [-0.4, -0.2) is 67.4 Å². The summed E-state index contributed by atoms with van der Waals surface area (Å²) in [5.41, 5.74) is 2.84. The average Bonchev–Trinajstić information content (AvgIpc) is 2.94. The lowest BCUT2D eigenvalue weighted by Gasteiger charge is -2.40. The lowest BCUT2D eigenvalue weighted by molar-refractivity contribution is -0.136. The van der Waals surface area contributed by atoms with Gasteiger partial charge in [-0.2, -0.15) is 0 Å². The van der Waals surface area contributed by atoms with E-state index in [4.69, 9.17) is 27.9 Å². The third-order valence-corrected chi connectivity index (χ3v) is 7.73. The van der Waals surface area contributed by atoms with Gasteiger partial charge in [-0.3, -0.25) is 4.79 Å². The van der Waals surface area contributed by atoms with Crippen LogP contribution in [0.25, 0.3) is 11.3 Å². The zero-order valence-corrected chi connectivity index (χ0v) is 21.8. The molecule has 0 N–H and O–H groups in total. The summed E-state index contributed by atoms with van der Waals surface area (Å²) in [6.45, 7) is 4.50. The molecule has 1 unspecified atom stereocenters. The highest BCUT2D eigenvalue weighted by Gasteiger charge is 2.31. The topological polar surface area (TPSA) is 61.8 Å². The fraction of sp³-hybridized carbons (Fsp3) is 0.370. The SMILES string of the molecule is COc1ccc(-c2ccc(N3CCCC(C(=O)N4CCN(c5ccc(Cl)c(Cl)c5)CC4)C3)nn2)cc1. The fourth-order valence-corrected chi connectivity index (χ4v) is 5.21. The van der Waals surface area contributed by atoms with Crippen LogP contribution in [0.1, 0.15) is 12.8 Å². The lowest BCUT2D eigenvalue weighted by atomic mass is 9.96. The second-order valence-corrected chi connectivity index (χ2v) is 10.0. The molecule has 3 heterocycles. The minimum atomic E-state index is -0.0293. The van der Waals surface area contributed by atoms with E-state index in [2.05, 4.69) is 20.0 Å². The first-order chi connectivity index (χ1) is 17.5. The second-order valence-electron chi connectivity index (χ2n) is 9.20. The molecule has 2 fully saturated rings. The Morgan fingerprint density at radius 3 is 2.33 bits per heavy atom. The first-order valence-corrected chi connectivity index (χ1v) is 13.0. The van der Waals surface area contributed by atoms with Crippen molar-refractivity contribution >= 4 is 40.6 Å². The van der Waals surface area contributed by atoms with Gasteiger partial charge < -0.3 is 19.4 Å². The van der Waals surface area contributed by atoms with Gasteiger partial charge >= 0.3 is 0 Å². The Kier molecular flexibility index (Phi) is 7.48. The molecule has 2 saturated heterocycles. The van der Waals surface area contributed by atoms with Crippen LogP contribution in [0.3, 0.4) is 0 Å². The molecule has 1 amide bonds. The van der Waals surface area contributed by atoms with Gasteiger partial charge in [0.15, 0.2) is 5.82 Å². The number of anilines is 2. The van der Waals surface area contributed by atoms with Crippen molar-refractivity contribution in [2.45, 2.75) is 12.8 Å². The summed E-state index contributed by atoms with van der Waals surface area (Å²) in [7, 11) is 1.65. The van der Waals surface area contributed by atoms with Crippen molar-refractivity contribution in [3.8, 4) is 17.0 Å². The van der Waals surface area contributed by atoms with Crippen molar-refractivity contribution in [2.24, 2.45) is 5.92 Å². The second kappa shape index (κ2) is 10.9. The van der Waals surface area contributed by atoms with E-state index < -0.39 is 0 Å². The van der Waals surface area contributed by atoms with Crippen molar-refractivity contribution in [1.82, 2.24) is 15.1 Å². The van der Waals surface area contributed by atoms with Crippen molar-refractivity contribution < 1.29 is 9.53 Å². The minimum absolute atomic E-state index is 0.0293. The van der Waals surface area contributed by atoms with Crippen LogP contribution in [0.15, 0.2) is 54.6 Å². The third-order valence-electron chi connectivity index (χ3n) is 6.99. The number of carbonyl (C=O) groups is 1. The number of hydrogen-bond donors (Lipinski definition) is 0. The van der Waals surface area contributed by atoms with E-state index in [9.17, 15) is 4.79 Å². The Morgan fingerprint density at radius 1 is 0.889 bits per heavy atom. The number of hydrogen-bond acceptors (Lipinski definition) is 6. The van der Waals surface area contributed by atoms with Gasteiger partial charge in [0.05, 0.1) is 28.8 Å². The number of aromatic nitrogens is 2. The smallest absolute Gasteiger partial charge is 0.227 e. The summed E-state index contributed by atoms with van der Waals surface area (Å²) < 4.78 is 5.23. The highest BCUT2D eigenvalue weighted by atomic mass is 35.5. The van der Waals surface area contributed by atoms with Crippen molar-refractivity contribution in [1.29, 1.82) is 0 Å². The maximum absolute atomic E-state index is 13.4. The van der Waals surface area contributed by atoms with Crippen LogP contribution < -0.4 is 14.5 Å². The summed E-state index contributed by atoms with van der Waals surface area (Å²) in [5.74, 6) is 1.83. The molecular weight excluding hydrogens is 497 g/mol. The van der Waals surface area contributed by atoms with E-state index in [0.717, 1.165) is 61.0 Å². The van der Waals surface area contributed by atoms with Crippen molar-refractivity contribution in [2.75, 3.05) is 56.2 Å². The standard InChI is InChI=1S/C27H29Cl2N5O2/c1-36-22-7-4-19(5-8-22)25-10-11-26(31-30-25)34-12-2-3-20(18-34)27(35)33-15-13-32(14-16-33)21-6-9-23(28)24(29)17-21/h4-11,17,20H,2-3,12-16,18H2,1H3. The number of halogens is 2. The normalized spacial score (nSPS) is 18.3. The quantitative estimate of drug-likeness (QED) is 0.465. The highest BCUT2D eigenvalue weighted by molar-refractivity contribution is 6.42. The molecule has 2 aliphatic heterocycles. The molecule has 1 atom stereocenters. The van der Waals surface area contributed by atoms with Crippen LogP contribution in [0.5, 0.6) is 5.75 Å². The van der Waals surface area contributed by atoms with Crippen LogP contribution >= 0.6 is 23.2 Å². The number of nitrogens with zero attached hydrogens (tertiary/aromatic N) is 5. The number of piperidine rings is 1. The maximum atomic E-state index is 13.4. The molecule has 3 aromatic rings. The van der Waals surface area contributed by atoms with Crippen molar-refractivity contribution in [3.63, 3.8) is 0 Å². The molecule has 188 valence electrons. The van der Waals surface area contributed by atoms with Gasteiger partial charge in [0.25, 0.3) is 0 Å². The molecule has 1 aromatic heterocycles. The predicted octanol–water partition coefficient (Wildman–Crippen LogP) is 5.02. The lowest BCUT2D eigenvalue weighted by Crippen LogP contribution is -2.52. The van der Waals surface area contributed by atoms with Gasteiger partial charge in [-0.05, 0) is 67.4 Å². The molecule has 0 bridgehead atoms. The predicted molar refractivity (Wildman–Crippen MR) is 144 cm³/mol. The molecule has 2 aromatic carbocycles. The van der Waals surface area contributed by atoms with Crippen LogP contribution in [0.2, 0.25) is 10.0 Å². The summed E-state index contributed by atoms with van der Waals surface area (Å²) in [6.07, 6.45) is 1.86. The minimum Gasteiger partial charge on any atom is -0.497 e. The molecule has 0 aliphatic carbocycles. The van der Waals surface area contributed by atoms with Gasteiger partial charge in [0.1, 0.15) is 5.75 Å². The molecule has 5 rings (SSSR count). The Hall–Kier alpha value is -3.03. The number of rotatable bonds is 5. The van der Waals surface area contributed by atoms with E-state index in [1.807, 2.05) is 59.5 Å². The molecule has 0 spiro atoms. The third kappa shape index (κ3) is 5.37. The Morgan fingerprint density at radius 2 is 1.67 bits per heavy atom. The fourth-order valence-electron chi connectivity index (χ4n) is 4.92. The van der Waals surface area contributed by atoms with Gasteiger partial charge in [-0.1, -0.05) is 23.2 Å². The zero-order chi connectivity index (χ0) is 25.1. The van der Waals surface area contributed by atoms with Crippen LogP contribution in [0, 0.1) is 5.92 Å². The molecule has 36 heavy (non-hydrogen) atoms. The highest BCUT2D eigenvalue weighted by Crippen LogP contribution is 2.29. The zero-order valence-electron chi connectivity index (χ0n) is 20.2. The number of piperazine rings is 1. The van der Waals surface area contributed by atoms with Crippen molar-refractivity contribution in [3.05, 3.63) is 64.6 Å². The molecule has 0 radical (unpaired) electrons. The molecule has 2 aliphatic rings. The van der Waals surface area contributed by atoms with E-state index in [1.54, 1.807) is 7.11 Å². The van der Waals surface area contributed by atoms with Crippen LogP contribution in [0.4, 0.5) is 11.5 Å². The number of methoxy groups -OCH3 is 1. The number of ether oxygens (including phenoxy) is 1. The van der Waals surface area contributed by atoms with E-state index in [0.29, 0.717) is 29.7 Å². The Labute approximate surface area is 221 Å². The first kappa shape index (κ1) is 24.7. The average molecular weight is 526 g/mol. The Balaban J connectivity index is 1.18. The van der Waals surface area contributed by atoms with E-state index in [-0.39, 0.29) is 11.8 Å². The largest absolute Gasteiger partial charge is 0.497 e. The molecule has 9 heteroatoms. The van der Waals surface area contributed by atoms with E-state index >= 15 is 0 Å². The summed E-state index contributed by atoms with van der Waals surface area (Å²) in [6, 6.07) is 17.4. The van der Waals surface area contributed by atoms with Gasteiger partial charge in [0, 0.05) is 50.5 Å². The molecule has 7 nitrogen and oxygen atoms in total. The first-order valence-electron chi connectivity index (χ1n) is 12.2. The monoisotopic (exact) mass is 525 g/mol. The number of carbonyl (C=O) groups excluding carboxylic acids is 1. The van der Waals surface area contributed by atoms with Crippen LogP contribution in [-0.2, 0) is 4.79 Å². The summed E-state index contributed by atoms with van der Waals surface area (Å²) in [4.78, 5) is 19.8. The maximum Gasteiger partial charge on any atom is 0.227 e. The number of amides is 1. The molecule has 0 saturated carbocycles. The molecular formula is C27H29Cl2N5O2. The van der Waals surface area contributed by atoms with Gasteiger partial charge in [0.2, 0.25) is 5.91 Å². The van der Waals surface area contributed by atoms with Gasteiger partial charge in [-0.15, -0.1) is 10.2 Å². The van der Waals surface area contributed by atoms with Gasteiger partial charge in [-0.25, -0.2) is 0 Å². The van der Waals surface area contributed by atoms with E-state index in [1.165, 1.54) is 0 Å². The number of benzene rings is 2. The summed E-state index contributed by atoms with van der Waals surface area (Å²) >= 11 is 12.2. The Bertz CT molecular complexity index is 1200. The summed E-state index contributed by atoms with van der Waals surface area (Å²) in [5, 5.41) is 10.0.